The van der Waals surface area contributed by atoms with Crippen molar-refractivity contribution in [2.45, 2.75) is 65.2 Å². The molecule has 0 spiro atoms. The van der Waals surface area contributed by atoms with E-state index in [1.165, 1.54) is 0 Å². The Labute approximate surface area is 111 Å². The van der Waals surface area contributed by atoms with Crippen molar-refractivity contribution in [3.8, 4) is 0 Å². The first-order valence-electron chi connectivity index (χ1n) is 5.99. The summed E-state index contributed by atoms with van der Waals surface area (Å²) in [5, 5.41) is 2.09. The molecule has 1 N–H and O–H groups in total. The molecular weight excluding hydrogens is 260 g/mol. The van der Waals surface area contributed by atoms with Gasteiger partial charge in [-0.25, -0.2) is 18.4 Å². The van der Waals surface area contributed by atoms with Gasteiger partial charge in [0.2, 0.25) is 6.43 Å². The Balaban J connectivity index is 4.59. The Morgan fingerprint density at radius 3 is 2.11 bits per heavy atom. The lowest BCUT2D eigenvalue weighted by Crippen LogP contribution is -2.45. The number of hydrogen-bond donors (Lipinski definition) is 1. The highest BCUT2D eigenvalue weighted by Crippen LogP contribution is 2.10. The van der Waals surface area contributed by atoms with Crippen LogP contribution in [0.25, 0.3) is 0 Å². The van der Waals surface area contributed by atoms with E-state index in [0.29, 0.717) is 0 Å². The summed E-state index contributed by atoms with van der Waals surface area (Å²) in [6.45, 7) is 8.05. The monoisotopic (exact) mass is 281 g/mol. The van der Waals surface area contributed by atoms with Gasteiger partial charge in [-0.3, -0.25) is 0 Å². The molecule has 0 radical (unpaired) electrons. The predicted molar refractivity (Wildman–Crippen MR) is 65.0 cm³/mol. The number of nitrogens with one attached hydrogen (secondary N) is 1. The molecule has 0 aromatic carbocycles. The molecule has 1 amide bonds. The zero-order valence-electron chi connectivity index (χ0n) is 11.8. The lowest BCUT2D eigenvalue weighted by molar-refractivity contribution is -0.151. The van der Waals surface area contributed by atoms with Gasteiger partial charge in [0.25, 0.3) is 0 Å². The largest absolute Gasteiger partial charge is 0.461 e. The van der Waals surface area contributed by atoms with Crippen molar-refractivity contribution in [2.24, 2.45) is 0 Å². The molecule has 0 aliphatic rings. The SMILES string of the molecule is CC(C)OC(=O)[C@@H](CC(F)F)NC(=O)OC(C)(C)C. The molecule has 7 heteroatoms. The molecule has 112 valence electrons. The third-order valence-electron chi connectivity index (χ3n) is 1.74. The summed E-state index contributed by atoms with van der Waals surface area (Å²) in [5.41, 5.74) is -0.776. The summed E-state index contributed by atoms with van der Waals surface area (Å²) in [7, 11) is 0. The van der Waals surface area contributed by atoms with Crippen LogP contribution >= 0.6 is 0 Å². The summed E-state index contributed by atoms with van der Waals surface area (Å²) in [4.78, 5) is 23.0. The van der Waals surface area contributed by atoms with Gasteiger partial charge in [0.15, 0.2) is 0 Å². The van der Waals surface area contributed by atoms with Crippen LogP contribution in [0.3, 0.4) is 0 Å². The van der Waals surface area contributed by atoms with Gasteiger partial charge in [-0.2, -0.15) is 0 Å². The van der Waals surface area contributed by atoms with E-state index in [9.17, 15) is 18.4 Å². The van der Waals surface area contributed by atoms with E-state index in [2.05, 4.69) is 5.32 Å². The maximum Gasteiger partial charge on any atom is 0.408 e. The van der Waals surface area contributed by atoms with Gasteiger partial charge in [0, 0.05) is 6.42 Å². The molecule has 0 aromatic rings. The molecule has 0 saturated heterocycles. The Hall–Kier alpha value is -1.40. The predicted octanol–water partition coefficient (Wildman–Crippen LogP) is 2.49. The normalized spacial score (nSPS) is 13.3. The lowest BCUT2D eigenvalue weighted by Gasteiger charge is -2.23. The molecule has 0 fully saturated rings. The van der Waals surface area contributed by atoms with Gasteiger partial charge < -0.3 is 14.8 Å². The lowest BCUT2D eigenvalue weighted by atomic mass is 10.2. The first-order chi connectivity index (χ1) is 8.51. The molecule has 0 aliphatic heterocycles. The van der Waals surface area contributed by atoms with E-state index in [-0.39, 0.29) is 0 Å². The van der Waals surface area contributed by atoms with E-state index in [0.717, 1.165) is 0 Å². The van der Waals surface area contributed by atoms with E-state index in [1.807, 2.05) is 0 Å². The molecule has 0 aliphatic carbocycles. The highest BCUT2D eigenvalue weighted by atomic mass is 19.3. The van der Waals surface area contributed by atoms with Crippen molar-refractivity contribution in [1.82, 2.24) is 5.32 Å². The van der Waals surface area contributed by atoms with Crippen LogP contribution in [0.2, 0.25) is 0 Å². The van der Waals surface area contributed by atoms with Gasteiger partial charge in [-0.05, 0) is 34.6 Å². The number of amides is 1. The summed E-state index contributed by atoms with van der Waals surface area (Å²) >= 11 is 0. The van der Waals surface area contributed by atoms with E-state index in [1.54, 1.807) is 34.6 Å². The van der Waals surface area contributed by atoms with Crippen LogP contribution in [0.15, 0.2) is 0 Å². The minimum atomic E-state index is -2.74. The van der Waals surface area contributed by atoms with Gasteiger partial charge in [0.1, 0.15) is 11.6 Å². The molecule has 0 bridgehead atoms. The van der Waals surface area contributed by atoms with Crippen molar-refractivity contribution >= 4 is 12.1 Å². The molecule has 0 rings (SSSR count). The molecular formula is C12H21F2NO4. The van der Waals surface area contributed by atoms with Crippen LogP contribution in [0.1, 0.15) is 41.0 Å². The summed E-state index contributed by atoms with van der Waals surface area (Å²) in [6, 6.07) is -1.42. The van der Waals surface area contributed by atoms with E-state index < -0.39 is 42.7 Å². The number of alkyl carbamates (subject to hydrolysis) is 1. The third-order valence-corrected chi connectivity index (χ3v) is 1.74. The van der Waals surface area contributed by atoms with Crippen molar-refractivity contribution in [3.63, 3.8) is 0 Å². The highest BCUT2D eigenvalue weighted by Gasteiger charge is 2.28. The maximum atomic E-state index is 12.4. The Kier molecular flexibility index (Phi) is 6.72. The second-order valence-electron chi connectivity index (χ2n) is 5.31. The van der Waals surface area contributed by atoms with E-state index >= 15 is 0 Å². The highest BCUT2D eigenvalue weighted by molar-refractivity contribution is 5.81. The minimum Gasteiger partial charge on any atom is -0.461 e. The first-order valence-corrected chi connectivity index (χ1v) is 5.99. The first kappa shape index (κ1) is 17.6. The van der Waals surface area contributed by atoms with Crippen LogP contribution in [0.4, 0.5) is 13.6 Å². The molecule has 0 heterocycles. The number of carbonyl (C=O) groups excluding carboxylic acids is 2. The molecule has 0 saturated carbocycles. The number of carbonyl (C=O) groups is 2. The molecule has 0 unspecified atom stereocenters. The van der Waals surface area contributed by atoms with Crippen LogP contribution < -0.4 is 5.32 Å². The number of ether oxygens (including phenoxy) is 2. The zero-order chi connectivity index (χ0) is 15.2. The van der Waals surface area contributed by atoms with Crippen molar-refractivity contribution in [1.29, 1.82) is 0 Å². The van der Waals surface area contributed by atoms with Crippen LogP contribution in [-0.4, -0.2) is 36.2 Å². The molecule has 1 atom stereocenters. The fourth-order valence-electron chi connectivity index (χ4n) is 1.16. The molecule has 19 heavy (non-hydrogen) atoms. The van der Waals surface area contributed by atoms with Gasteiger partial charge in [-0.15, -0.1) is 0 Å². The van der Waals surface area contributed by atoms with E-state index in [4.69, 9.17) is 9.47 Å². The number of esters is 1. The minimum absolute atomic E-state index is 0.451. The fraction of sp³-hybridized carbons (Fsp3) is 0.833. The Morgan fingerprint density at radius 1 is 1.21 bits per heavy atom. The molecule has 0 aromatic heterocycles. The van der Waals surface area contributed by atoms with Gasteiger partial charge in [-0.1, -0.05) is 0 Å². The summed E-state index contributed by atoms with van der Waals surface area (Å²) < 4.78 is 34.4. The Bertz CT molecular complexity index is 313. The number of halogens is 2. The quantitative estimate of drug-likeness (QED) is 0.786. The maximum absolute atomic E-state index is 12.4. The number of hydrogen-bond acceptors (Lipinski definition) is 4. The summed E-state index contributed by atoms with van der Waals surface area (Å²) in [6.07, 6.45) is -4.93. The topological polar surface area (TPSA) is 64.6 Å². The number of rotatable bonds is 5. The molecule has 5 nitrogen and oxygen atoms in total. The second-order valence-corrected chi connectivity index (χ2v) is 5.31. The third kappa shape index (κ3) is 9.21. The van der Waals surface area contributed by atoms with Crippen molar-refractivity contribution in [2.75, 3.05) is 0 Å². The van der Waals surface area contributed by atoms with Gasteiger partial charge in [0.05, 0.1) is 6.10 Å². The van der Waals surface area contributed by atoms with Crippen molar-refractivity contribution in [3.05, 3.63) is 0 Å². The average Bonchev–Trinajstić information content (AvgIpc) is 2.11. The Morgan fingerprint density at radius 2 is 1.74 bits per heavy atom. The van der Waals surface area contributed by atoms with Crippen LogP contribution in [-0.2, 0) is 14.3 Å². The summed E-state index contributed by atoms with van der Waals surface area (Å²) in [5.74, 6) is -0.902. The van der Waals surface area contributed by atoms with Gasteiger partial charge >= 0.3 is 12.1 Å². The fourth-order valence-corrected chi connectivity index (χ4v) is 1.16. The smallest absolute Gasteiger partial charge is 0.408 e. The van der Waals surface area contributed by atoms with Crippen molar-refractivity contribution < 1.29 is 27.8 Å². The van der Waals surface area contributed by atoms with Crippen LogP contribution in [0.5, 0.6) is 0 Å². The standard InChI is InChI=1S/C12H21F2NO4/c1-7(2)18-10(16)8(6-9(13)14)15-11(17)19-12(3,4)5/h7-9H,6H2,1-5H3,(H,15,17)/t8-/m1/s1. The van der Waals surface area contributed by atoms with Crippen LogP contribution in [0, 0.1) is 0 Å². The average molecular weight is 281 g/mol. The zero-order valence-corrected chi connectivity index (χ0v) is 11.8. The number of alkyl halides is 2. The second kappa shape index (κ2) is 7.25.